The molecule has 1 heterocycles. The maximum Gasteiger partial charge on any atom is 0.264 e. The van der Waals surface area contributed by atoms with Crippen molar-refractivity contribution in [2.75, 3.05) is 20.6 Å². The number of hydrogen-bond donors (Lipinski definition) is 1. The number of nitrogens with two attached hydrogens (primary N) is 1. The third kappa shape index (κ3) is 4.19. The van der Waals surface area contributed by atoms with Gasteiger partial charge < -0.3 is 19.9 Å². The van der Waals surface area contributed by atoms with Crippen molar-refractivity contribution in [3.63, 3.8) is 0 Å². The number of likely N-dealkylation sites (N-methyl/N-ethyl adjacent to an activating group) is 1. The van der Waals surface area contributed by atoms with Crippen molar-refractivity contribution in [2.24, 2.45) is 5.73 Å². The van der Waals surface area contributed by atoms with Crippen LogP contribution in [-0.4, -0.2) is 35.7 Å². The molecule has 0 aliphatic carbocycles. The number of aromatic nitrogens is 2. The molecule has 0 saturated carbocycles. The van der Waals surface area contributed by atoms with Gasteiger partial charge in [-0.25, -0.2) is 0 Å². The van der Waals surface area contributed by atoms with E-state index in [0.717, 1.165) is 0 Å². The number of halogens is 1. The molecular weight excluding hydrogens is 280 g/mol. The van der Waals surface area contributed by atoms with E-state index in [0.29, 0.717) is 29.0 Å². The van der Waals surface area contributed by atoms with Crippen molar-refractivity contribution in [3.8, 4) is 5.75 Å². The Bertz CT molecular complexity index is 559. The zero-order valence-corrected chi connectivity index (χ0v) is 12.2. The molecular formula is C13H17ClN4O2. The van der Waals surface area contributed by atoms with Gasteiger partial charge in [-0.05, 0) is 32.3 Å². The molecule has 1 atom stereocenters. The largest absolute Gasteiger partial charge is 0.484 e. The number of nitrogens with zero attached hydrogens (tertiary/aromatic N) is 3. The van der Waals surface area contributed by atoms with Gasteiger partial charge in [-0.1, -0.05) is 22.8 Å². The van der Waals surface area contributed by atoms with Crippen molar-refractivity contribution < 1.29 is 9.26 Å². The minimum Gasteiger partial charge on any atom is -0.484 e. The van der Waals surface area contributed by atoms with Gasteiger partial charge in [0.05, 0.1) is 6.04 Å². The van der Waals surface area contributed by atoms with E-state index in [-0.39, 0.29) is 12.6 Å². The van der Waals surface area contributed by atoms with Crippen molar-refractivity contribution >= 4 is 11.6 Å². The molecule has 0 spiro atoms. The molecule has 1 aromatic heterocycles. The zero-order valence-electron chi connectivity index (χ0n) is 11.4. The SMILES string of the molecule is CN(C)CC(N)c1noc(COc2cccc(Cl)c2)n1. The van der Waals surface area contributed by atoms with Crippen LogP contribution >= 0.6 is 11.6 Å². The average Bonchev–Trinajstić information content (AvgIpc) is 2.84. The van der Waals surface area contributed by atoms with E-state index in [4.69, 9.17) is 26.6 Å². The van der Waals surface area contributed by atoms with E-state index in [1.54, 1.807) is 18.2 Å². The molecule has 20 heavy (non-hydrogen) atoms. The first-order valence-corrected chi connectivity index (χ1v) is 6.53. The summed E-state index contributed by atoms with van der Waals surface area (Å²) in [5.74, 6) is 1.51. The third-order valence-corrected chi connectivity index (χ3v) is 2.77. The van der Waals surface area contributed by atoms with Crippen LogP contribution in [0.2, 0.25) is 5.02 Å². The summed E-state index contributed by atoms with van der Waals surface area (Å²) < 4.78 is 10.6. The second-order valence-electron chi connectivity index (χ2n) is 4.66. The van der Waals surface area contributed by atoms with Gasteiger partial charge in [-0.2, -0.15) is 4.98 Å². The Morgan fingerprint density at radius 1 is 1.45 bits per heavy atom. The molecule has 0 aliphatic rings. The molecule has 2 rings (SSSR count). The lowest BCUT2D eigenvalue weighted by atomic mass is 10.3. The first-order valence-electron chi connectivity index (χ1n) is 6.16. The van der Waals surface area contributed by atoms with Gasteiger partial charge in [0.15, 0.2) is 12.4 Å². The van der Waals surface area contributed by atoms with Crippen LogP contribution in [0.1, 0.15) is 17.8 Å². The van der Waals surface area contributed by atoms with Gasteiger partial charge in [-0.15, -0.1) is 0 Å². The lowest BCUT2D eigenvalue weighted by Gasteiger charge is -2.12. The van der Waals surface area contributed by atoms with Crippen LogP contribution in [0.15, 0.2) is 28.8 Å². The van der Waals surface area contributed by atoms with Crippen molar-refractivity contribution in [1.82, 2.24) is 15.0 Å². The minimum absolute atomic E-state index is 0.183. The molecule has 0 fully saturated rings. The first-order chi connectivity index (χ1) is 9.54. The molecule has 0 saturated heterocycles. The number of benzene rings is 1. The standard InChI is InChI=1S/C13H17ClN4O2/c1-18(2)7-11(15)13-16-12(20-17-13)8-19-10-5-3-4-9(14)6-10/h3-6,11H,7-8,15H2,1-2H3. The molecule has 0 aliphatic heterocycles. The van der Waals surface area contributed by atoms with Crippen LogP contribution in [0.3, 0.4) is 0 Å². The lowest BCUT2D eigenvalue weighted by Crippen LogP contribution is -2.26. The van der Waals surface area contributed by atoms with Gasteiger partial charge in [0.1, 0.15) is 5.75 Å². The maximum atomic E-state index is 5.95. The molecule has 108 valence electrons. The Labute approximate surface area is 122 Å². The van der Waals surface area contributed by atoms with Gasteiger partial charge >= 0.3 is 0 Å². The molecule has 7 heteroatoms. The highest BCUT2D eigenvalue weighted by molar-refractivity contribution is 6.30. The first kappa shape index (κ1) is 14.8. The van der Waals surface area contributed by atoms with Crippen molar-refractivity contribution in [1.29, 1.82) is 0 Å². The van der Waals surface area contributed by atoms with E-state index in [9.17, 15) is 0 Å². The Morgan fingerprint density at radius 3 is 2.95 bits per heavy atom. The monoisotopic (exact) mass is 296 g/mol. The van der Waals surface area contributed by atoms with Crippen LogP contribution in [0.5, 0.6) is 5.75 Å². The number of hydrogen-bond acceptors (Lipinski definition) is 6. The normalized spacial score (nSPS) is 12.7. The smallest absolute Gasteiger partial charge is 0.264 e. The van der Waals surface area contributed by atoms with E-state index >= 15 is 0 Å². The van der Waals surface area contributed by atoms with E-state index in [1.165, 1.54) is 0 Å². The fourth-order valence-electron chi connectivity index (χ4n) is 1.65. The lowest BCUT2D eigenvalue weighted by molar-refractivity contribution is 0.242. The van der Waals surface area contributed by atoms with Gasteiger partial charge in [0.2, 0.25) is 0 Å². The Morgan fingerprint density at radius 2 is 2.25 bits per heavy atom. The maximum absolute atomic E-state index is 5.95. The van der Waals surface area contributed by atoms with Crippen molar-refractivity contribution in [2.45, 2.75) is 12.6 Å². The van der Waals surface area contributed by atoms with Crippen LogP contribution in [0.4, 0.5) is 0 Å². The van der Waals surface area contributed by atoms with Gasteiger partial charge in [0, 0.05) is 11.6 Å². The van der Waals surface area contributed by atoms with Gasteiger partial charge in [-0.3, -0.25) is 0 Å². The summed E-state index contributed by atoms with van der Waals surface area (Å²) in [5, 5.41) is 4.47. The molecule has 2 aromatic rings. The summed E-state index contributed by atoms with van der Waals surface area (Å²) >= 11 is 5.87. The quantitative estimate of drug-likeness (QED) is 0.877. The van der Waals surface area contributed by atoms with Crippen LogP contribution in [0.25, 0.3) is 0 Å². The number of rotatable bonds is 6. The molecule has 6 nitrogen and oxygen atoms in total. The highest BCUT2D eigenvalue weighted by Crippen LogP contribution is 2.18. The summed E-state index contributed by atoms with van der Waals surface area (Å²) in [5.41, 5.74) is 5.95. The molecule has 0 amide bonds. The number of ether oxygens (including phenoxy) is 1. The second-order valence-corrected chi connectivity index (χ2v) is 5.10. The predicted molar refractivity (Wildman–Crippen MR) is 75.6 cm³/mol. The third-order valence-electron chi connectivity index (χ3n) is 2.54. The molecule has 1 unspecified atom stereocenters. The van der Waals surface area contributed by atoms with Crippen LogP contribution < -0.4 is 10.5 Å². The highest BCUT2D eigenvalue weighted by Gasteiger charge is 2.15. The van der Waals surface area contributed by atoms with E-state index in [1.807, 2.05) is 25.1 Å². The van der Waals surface area contributed by atoms with E-state index in [2.05, 4.69) is 10.1 Å². The minimum atomic E-state index is -0.284. The Balaban J connectivity index is 1.93. The molecule has 2 N–H and O–H groups in total. The highest BCUT2D eigenvalue weighted by atomic mass is 35.5. The fraction of sp³-hybridized carbons (Fsp3) is 0.385. The topological polar surface area (TPSA) is 77.4 Å². The Kier molecular flexibility index (Phi) is 4.94. The molecule has 1 aromatic carbocycles. The molecule has 0 bridgehead atoms. The Hall–Kier alpha value is -1.63. The van der Waals surface area contributed by atoms with Gasteiger partial charge in [0.25, 0.3) is 5.89 Å². The van der Waals surface area contributed by atoms with Crippen LogP contribution in [-0.2, 0) is 6.61 Å². The van der Waals surface area contributed by atoms with Crippen molar-refractivity contribution in [3.05, 3.63) is 41.0 Å². The van der Waals surface area contributed by atoms with Crippen LogP contribution in [0, 0.1) is 0 Å². The fourth-order valence-corrected chi connectivity index (χ4v) is 1.83. The summed E-state index contributed by atoms with van der Waals surface area (Å²) in [6.45, 7) is 0.830. The average molecular weight is 297 g/mol. The summed E-state index contributed by atoms with van der Waals surface area (Å²) in [7, 11) is 3.87. The summed E-state index contributed by atoms with van der Waals surface area (Å²) in [4.78, 5) is 6.17. The van der Waals surface area contributed by atoms with E-state index < -0.39 is 0 Å². The zero-order chi connectivity index (χ0) is 14.5. The second kappa shape index (κ2) is 6.69. The summed E-state index contributed by atoms with van der Waals surface area (Å²) in [6.07, 6.45) is 0. The summed E-state index contributed by atoms with van der Waals surface area (Å²) in [6, 6.07) is 6.83. The molecule has 0 radical (unpaired) electrons. The predicted octanol–water partition coefficient (Wildman–Crippen LogP) is 1.86.